The van der Waals surface area contributed by atoms with Gasteiger partial charge in [-0.05, 0) is 29.9 Å². The van der Waals surface area contributed by atoms with Gasteiger partial charge < -0.3 is 4.74 Å². The molecule has 2 aliphatic rings. The van der Waals surface area contributed by atoms with Gasteiger partial charge in [0.15, 0.2) is 0 Å². The van der Waals surface area contributed by atoms with Crippen molar-refractivity contribution >= 4 is 5.78 Å². The lowest BCUT2D eigenvalue weighted by Crippen LogP contribution is -2.19. The van der Waals surface area contributed by atoms with E-state index in [0.717, 1.165) is 19.4 Å². The summed E-state index contributed by atoms with van der Waals surface area (Å²) in [6.45, 7) is 2.90. The van der Waals surface area contributed by atoms with E-state index in [9.17, 15) is 4.79 Å². The van der Waals surface area contributed by atoms with Crippen LogP contribution in [0.15, 0.2) is 24.3 Å². The predicted octanol–water partition coefficient (Wildman–Crippen LogP) is 2.92. The van der Waals surface area contributed by atoms with Gasteiger partial charge in [-0.3, -0.25) is 4.79 Å². The summed E-state index contributed by atoms with van der Waals surface area (Å²) in [6, 6.07) is 8.34. The zero-order valence-electron chi connectivity index (χ0n) is 10.2. The lowest BCUT2D eigenvalue weighted by Gasteiger charge is -2.25. The molecule has 3 unspecified atom stereocenters. The van der Waals surface area contributed by atoms with E-state index >= 15 is 0 Å². The molecule has 1 aliphatic heterocycles. The first kappa shape index (κ1) is 11.0. The summed E-state index contributed by atoms with van der Waals surface area (Å²) in [5.74, 6) is 1.30. The highest BCUT2D eigenvalue weighted by molar-refractivity contribution is 5.84. The van der Waals surface area contributed by atoms with E-state index in [2.05, 4.69) is 25.1 Å². The summed E-state index contributed by atoms with van der Waals surface area (Å²) in [4.78, 5) is 12.0. The maximum atomic E-state index is 12.0. The van der Waals surface area contributed by atoms with Crippen LogP contribution in [0.1, 0.15) is 37.0 Å². The molecule has 0 bridgehead atoms. The van der Waals surface area contributed by atoms with Gasteiger partial charge in [0.2, 0.25) is 0 Å². The lowest BCUT2D eigenvalue weighted by molar-refractivity contribution is -0.123. The Labute approximate surface area is 102 Å². The minimum Gasteiger partial charge on any atom is -0.373 e. The van der Waals surface area contributed by atoms with Gasteiger partial charge in [-0.1, -0.05) is 31.2 Å². The molecule has 90 valence electrons. The van der Waals surface area contributed by atoms with E-state index in [1.54, 1.807) is 0 Å². The third kappa shape index (κ3) is 2.14. The molecule has 1 fully saturated rings. The van der Waals surface area contributed by atoms with Gasteiger partial charge in [0.25, 0.3) is 0 Å². The Hall–Kier alpha value is -1.15. The number of hydrogen-bond acceptors (Lipinski definition) is 2. The van der Waals surface area contributed by atoms with Crippen LogP contribution in [0.2, 0.25) is 0 Å². The van der Waals surface area contributed by atoms with Gasteiger partial charge in [0.05, 0.1) is 12.7 Å². The summed E-state index contributed by atoms with van der Waals surface area (Å²) in [5, 5.41) is 0. The van der Waals surface area contributed by atoms with Crippen molar-refractivity contribution in [3.05, 3.63) is 35.4 Å². The number of ketones is 1. The Kier molecular flexibility index (Phi) is 2.75. The van der Waals surface area contributed by atoms with Crippen LogP contribution < -0.4 is 0 Å². The molecule has 0 N–H and O–H groups in total. The number of rotatable bonds is 3. The number of carbonyl (C=O) groups excluding carboxylic acids is 1. The third-order valence-electron chi connectivity index (χ3n) is 4.00. The molecule has 0 aromatic heterocycles. The normalized spacial score (nSPS) is 30.8. The molecule has 3 rings (SSSR count). The molecular formula is C15H18O2. The molecule has 17 heavy (non-hydrogen) atoms. The molecule has 0 spiro atoms. The van der Waals surface area contributed by atoms with Gasteiger partial charge in [-0.25, -0.2) is 0 Å². The van der Waals surface area contributed by atoms with Crippen LogP contribution in [0.25, 0.3) is 0 Å². The zero-order valence-corrected chi connectivity index (χ0v) is 10.2. The zero-order chi connectivity index (χ0) is 11.8. The maximum absolute atomic E-state index is 12.0. The predicted molar refractivity (Wildman–Crippen MR) is 65.7 cm³/mol. The second-order valence-electron chi connectivity index (χ2n) is 5.30. The fraction of sp³-hybridized carbons (Fsp3) is 0.533. The summed E-state index contributed by atoms with van der Waals surface area (Å²) >= 11 is 0. The highest BCUT2D eigenvalue weighted by Gasteiger charge is 2.40. The van der Waals surface area contributed by atoms with E-state index in [4.69, 9.17) is 4.74 Å². The summed E-state index contributed by atoms with van der Waals surface area (Å²) in [5.41, 5.74) is 2.57. The smallest absolute Gasteiger partial charge is 0.139 e. The number of hydrogen-bond donors (Lipinski definition) is 0. The third-order valence-corrected chi connectivity index (χ3v) is 4.00. The molecule has 1 heterocycles. The van der Waals surface area contributed by atoms with Crippen LogP contribution in [0.5, 0.6) is 0 Å². The van der Waals surface area contributed by atoms with E-state index in [1.807, 2.05) is 6.07 Å². The Balaban J connectivity index is 1.74. The molecule has 0 amide bonds. The first-order valence-electron chi connectivity index (χ1n) is 6.48. The van der Waals surface area contributed by atoms with Crippen LogP contribution in [-0.4, -0.2) is 12.4 Å². The molecule has 2 heteroatoms. The molecule has 1 aliphatic carbocycles. The molecule has 1 saturated carbocycles. The summed E-state index contributed by atoms with van der Waals surface area (Å²) < 4.78 is 5.77. The number of ether oxygens (including phenoxy) is 1. The average Bonchev–Trinajstić information content (AvgIpc) is 3.07. The topological polar surface area (TPSA) is 26.3 Å². The number of benzene rings is 1. The van der Waals surface area contributed by atoms with Crippen molar-refractivity contribution in [1.29, 1.82) is 0 Å². The van der Waals surface area contributed by atoms with E-state index in [0.29, 0.717) is 24.0 Å². The molecule has 1 aromatic rings. The van der Waals surface area contributed by atoms with Gasteiger partial charge >= 0.3 is 0 Å². The van der Waals surface area contributed by atoms with Crippen molar-refractivity contribution in [2.75, 3.05) is 6.61 Å². The maximum Gasteiger partial charge on any atom is 0.139 e. The van der Waals surface area contributed by atoms with Crippen molar-refractivity contribution < 1.29 is 9.53 Å². The van der Waals surface area contributed by atoms with E-state index < -0.39 is 0 Å². The molecule has 1 aromatic carbocycles. The fourth-order valence-electron chi connectivity index (χ4n) is 2.75. The monoisotopic (exact) mass is 230 g/mol. The lowest BCUT2D eigenvalue weighted by atomic mass is 9.93. The van der Waals surface area contributed by atoms with Crippen LogP contribution in [0.3, 0.4) is 0 Å². The Bertz CT molecular complexity index is 438. The second kappa shape index (κ2) is 4.26. The van der Waals surface area contributed by atoms with Gasteiger partial charge in [-0.15, -0.1) is 0 Å². The van der Waals surface area contributed by atoms with Gasteiger partial charge in [0.1, 0.15) is 5.78 Å². The van der Waals surface area contributed by atoms with Gasteiger partial charge in [-0.2, -0.15) is 0 Å². The van der Waals surface area contributed by atoms with E-state index in [1.165, 1.54) is 11.1 Å². The number of fused-ring (bicyclic) bond motifs is 1. The van der Waals surface area contributed by atoms with Crippen molar-refractivity contribution in [1.82, 2.24) is 0 Å². The molecule has 2 nitrogen and oxygen atoms in total. The van der Waals surface area contributed by atoms with Crippen molar-refractivity contribution in [2.45, 2.75) is 32.3 Å². The SMILES string of the molecule is CC1CC1C(=O)CC1OCCc2ccccc21. The molecule has 0 saturated heterocycles. The fourth-order valence-corrected chi connectivity index (χ4v) is 2.75. The van der Waals surface area contributed by atoms with Crippen LogP contribution >= 0.6 is 0 Å². The highest BCUT2D eigenvalue weighted by atomic mass is 16.5. The molecular weight excluding hydrogens is 212 g/mol. The van der Waals surface area contributed by atoms with E-state index in [-0.39, 0.29) is 6.10 Å². The summed E-state index contributed by atoms with van der Waals surface area (Å²) in [7, 11) is 0. The largest absolute Gasteiger partial charge is 0.373 e. The number of Topliss-reactive ketones (excluding diaryl/α,β-unsaturated/α-hetero) is 1. The Morgan fingerprint density at radius 2 is 2.18 bits per heavy atom. The van der Waals surface area contributed by atoms with Crippen LogP contribution in [0, 0.1) is 11.8 Å². The first-order chi connectivity index (χ1) is 8.25. The minimum atomic E-state index is 0.000231. The molecule has 0 radical (unpaired) electrons. The van der Waals surface area contributed by atoms with Gasteiger partial charge in [0, 0.05) is 12.3 Å². The summed E-state index contributed by atoms with van der Waals surface area (Å²) in [6.07, 6.45) is 2.61. The second-order valence-corrected chi connectivity index (χ2v) is 5.30. The average molecular weight is 230 g/mol. The highest BCUT2D eigenvalue weighted by Crippen LogP contribution is 2.41. The van der Waals surface area contributed by atoms with Crippen molar-refractivity contribution in [2.24, 2.45) is 11.8 Å². The van der Waals surface area contributed by atoms with Crippen molar-refractivity contribution in [3.8, 4) is 0 Å². The first-order valence-corrected chi connectivity index (χ1v) is 6.48. The standard InChI is InChI=1S/C15H18O2/c1-10-8-13(10)14(16)9-15-12-5-3-2-4-11(12)6-7-17-15/h2-5,10,13,15H,6-9H2,1H3. The minimum absolute atomic E-state index is 0.000231. The molecule has 3 atom stereocenters. The van der Waals surface area contributed by atoms with Crippen LogP contribution in [-0.2, 0) is 16.0 Å². The van der Waals surface area contributed by atoms with Crippen LogP contribution in [0.4, 0.5) is 0 Å². The van der Waals surface area contributed by atoms with Crippen molar-refractivity contribution in [3.63, 3.8) is 0 Å². The Morgan fingerprint density at radius 1 is 1.41 bits per heavy atom. The number of carbonyl (C=O) groups is 1. The quantitative estimate of drug-likeness (QED) is 0.798. The Morgan fingerprint density at radius 3 is 2.94 bits per heavy atom.